The van der Waals surface area contributed by atoms with Gasteiger partial charge in [-0.05, 0) is 52.7 Å². The lowest BCUT2D eigenvalue weighted by Crippen LogP contribution is -2.53. The summed E-state index contributed by atoms with van der Waals surface area (Å²) in [6, 6.07) is 16.3. The van der Waals surface area contributed by atoms with Gasteiger partial charge in [0.2, 0.25) is 0 Å². The minimum Gasteiger partial charge on any atom is -0.480 e. The van der Waals surface area contributed by atoms with Crippen molar-refractivity contribution in [2.24, 2.45) is 0 Å². The highest BCUT2D eigenvalue weighted by molar-refractivity contribution is 5.82. The molecule has 2 aromatic carbocycles. The maximum atomic E-state index is 13.5. The molecule has 1 aliphatic heterocycles. The molecular weight excluding hydrogens is 516 g/mol. The van der Waals surface area contributed by atoms with Gasteiger partial charge in [-0.25, -0.2) is 14.4 Å². The summed E-state index contributed by atoms with van der Waals surface area (Å²) in [6.07, 6.45) is -3.55. The van der Waals surface area contributed by atoms with Crippen LogP contribution in [-0.2, 0) is 37.0 Å². The van der Waals surface area contributed by atoms with E-state index in [1.165, 1.54) is 0 Å². The van der Waals surface area contributed by atoms with Crippen molar-refractivity contribution in [1.82, 2.24) is 10.2 Å². The summed E-state index contributed by atoms with van der Waals surface area (Å²) in [7, 11) is 0. The Bertz CT molecular complexity index is 1130. The van der Waals surface area contributed by atoms with E-state index >= 15 is 0 Å². The summed E-state index contributed by atoms with van der Waals surface area (Å²) in [4.78, 5) is 39.8. The maximum Gasteiger partial charge on any atom is 0.411 e. The number of amides is 2. The first-order chi connectivity index (χ1) is 18.7. The van der Waals surface area contributed by atoms with Crippen LogP contribution in [0.2, 0.25) is 0 Å². The molecule has 4 atom stereocenters. The molecule has 1 aliphatic rings. The molecule has 1 fully saturated rings. The Kier molecular flexibility index (Phi) is 10.2. The van der Waals surface area contributed by atoms with Gasteiger partial charge in [-0.2, -0.15) is 0 Å². The van der Waals surface area contributed by atoms with E-state index in [1.807, 2.05) is 60.7 Å². The Hall–Kier alpha value is -3.63. The topological polar surface area (TPSA) is 124 Å². The number of ether oxygens (including phenoxy) is 4. The van der Waals surface area contributed by atoms with E-state index in [2.05, 4.69) is 5.32 Å². The van der Waals surface area contributed by atoms with E-state index < -0.39 is 53.6 Å². The number of carbonyl (C=O) groups is 3. The number of rotatable bonds is 9. The fraction of sp³-hybridized carbons (Fsp3) is 0.500. The van der Waals surface area contributed by atoms with E-state index in [-0.39, 0.29) is 19.8 Å². The van der Waals surface area contributed by atoms with E-state index in [1.54, 1.807) is 41.5 Å². The predicted molar refractivity (Wildman–Crippen MR) is 148 cm³/mol. The third-order valence-electron chi connectivity index (χ3n) is 5.95. The fourth-order valence-corrected chi connectivity index (χ4v) is 4.39. The average molecular weight is 557 g/mol. The monoisotopic (exact) mass is 556 g/mol. The average Bonchev–Trinajstić information content (AvgIpc) is 3.17. The van der Waals surface area contributed by atoms with Gasteiger partial charge in [0.25, 0.3) is 0 Å². The fourth-order valence-electron chi connectivity index (χ4n) is 4.39. The van der Waals surface area contributed by atoms with Crippen molar-refractivity contribution in [3.63, 3.8) is 0 Å². The van der Waals surface area contributed by atoms with E-state index in [4.69, 9.17) is 18.9 Å². The number of carboxylic acids is 1. The van der Waals surface area contributed by atoms with E-state index in [9.17, 15) is 19.5 Å². The number of carbonyl (C=O) groups excluding carboxylic acids is 2. The van der Waals surface area contributed by atoms with Crippen molar-refractivity contribution < 1.29 is 38.4 Å². The van der Waals surface area contributed by atoms with Crippen LogP contribution in [-0.4, -0.2) is 70.2 Å². The number of benzene rings is 2. The summed E-state index contributed by atoms with van der Waals surface area (Å²) < 4.78 is 23.5. The molecule has 2 amide bonds. The predicted octanol–water partition coefficient (Wildman–Crippen LogP) is 4.75. The Morgan fingerprint density at radius 1 is 0.775 bits per heavy atom. The highest BCUT2D eigenvalue weighted by Gasteiger charge is 2.57. The lowest BCUT2D eigenvalue weighted by Gasteiger charge is -2.32. The second kappa shape index (κ2) is 13.1. The molecule has 218 valence electrons. The highest BCUT2D eigenvalue weighted by Crippen LogP contribution is 2.33. The van der Waals surface area contributed by atoms with Crippen molar-refractivity contribution >= 4 is 18.2 Å². The summed E-state index contributed by atoms with van der Waals surface area (Å²) in [5.74, 6) is -1.28. The number of hydrogen-bond acceptors (Lipinski definition) is 7. The summed E-state index contributed by atoms with van der Waals surface area (Å²) >= 11 is 0. The Morgan fingerprint density at radius 3 is 1.70 bits per heavy atom. The number of likely N-dealkylation sites (tertiary alicyclic amines) is 1. The van der Waals surface area contributed by atoms with Crippen LogP contribution >= 0.6 is 0 Å². The van der Waals surface area contributed by atoms with Crippen LogP contribution in [0.25, 0.3) is 0 Å². The number of nitrogens with one attached hydrogen (secondary N) is 1. The van der Waals surface area contributed by atoms with E-state index in [0.29, 0.717) is 0 Å². The van der Waals surface area contributed by atoms with Crippen molar-refractivity contribution in [2.75, 3.05) is 6.54 Å². The van der Waals surface area contributed by atoms with Gasteiger partial charge in [0.1, 0.15) is 23.4 Å². The van der Waals surface area contributed by atoms with E-state index in [0.717, 1.165) is 16.0 Å². The normalized spacial score (nSPS) is 21.1. The third kappa shape index (κ3) is 8.96. The van der Waals surface area contributed by atoms with Crippen LogP contribution in [0.15, 0.2) is 60.7 Å². The molecule has 1 heterocycles. The quantitative estimate of drug-likeness (QED) is 0.453. The lowest BCUT2D eigenvalue weighted by atomic mass is 10.1. The SMILES string of the molecule is CC(C)(C)OC(=O)NC[C@@H]1[C@@H](OCc2ccccc2)[C@H](OCc2ccccc2)[C@H](C(=O)O)N1C(=O)OC(C)(C)C. The van der Waals surface area contributed by atoms with Gasteiger partial charge in [0.05, 0.1) is 19.3 Å². The first kappa shape index (κ1) is 30.9. The van der Waals surface area contributed by atoms with Crippen molar-refractivity contribution in [1.29, 1.82) is 0 Å². The van der Waals surface area contributed by atoms with Crippen LogP contribution < -0.4 is 5.32 Å². The number of nitrogens with zero attached hydrogens (tertiary/aromatic N) is 1. The second-order valence-corrected chi connectivity index (χ2v) is 11.6. The second-order valence-electron chi connectivity index (χ2n) is 11.6. The maximum absolute atomic E-state index is 13.5. The molecule has 0 spiro atoms. The van der Waals surface area contributed by atoms with Crippen molar-refractivity contribution in [3.8, 4) is 0 Å². The largest absolute Gasteiger partial charge is 0.480 e. The van der Waals surface area contributed by atoms with Gasteiger partial charge < -0.3 is 29.4 Å². The molecule has 0 unspecified atom stereocenters. The first-order valence-corrected chi connectivity index (χ1v) is 13.3. The molecule has 2 aromatic rings. The zero-order valence-corrected chi connectivity index (χ0v) is 24.0. The van der Waals surface area contributed by atoms with Gasteiger partial charge >= 0.3 is 18.2 Å². The minimum atomic E-state index is -1.44. The molecule has 10 heteroatoms. The minimum absolute atomic E-state index is 0.0921. The standard InChI is InChI=1S/C30H40N2O8/c1-29(2,3)39-27(35)31-17-22-24(37-18-20-13-9-7-10-14-20)25(38-19-21-15-11-8-12-16-21)23(26(33)34)32(22)28(36)40-30(4,5)6/h7-16,22-25H,17-19H2,1-6H3,(H,31,35)(H,33,34)/t22-,23-,24-,25-/m1/s1. The molecule has 0 radical (unpaired) electrons. The van der Waals surface area contributed by atoms with Gasteiger partial charge in [-0.3, -0.25) is 4.90 Å². The Labute approximate surface area is 235 Å². The molecule has 0 saturated carbocycles. The molecule has 0 aromatic heterocycles. The summed E-state index contributed by atoms with van der Waals surface area (Å²) in [6.45, 7) is 10.3. The third-order valence-corrected chi connectivity index (χ3v) is 5.95. The van der Waals surface area contributed by atoms with Crippen LogP contribution in [0.5, 0.6) is 0 Å². The van der Waals surface area contributed by atoms with Gasteiger partial charge in [0, 0.05) is 6.54 Å². The lowest BCUT2D eigenvalue weighted by molar-refractivity contribution is -0.149. The first-order valence-electron chi connectivity index (χ1n) is 13.3. The highest BCUT2D eigenvalue weighted by atomic mass is 16.6. The van der Waals surface area contributed by atoms with Crippen LogP contribution in [0.1, 0.15) is 52.7 Å². The zero-order valence-electron chi connectivity index (χ0n) is 24.0. The smallest absolute Gasteiger partial charge is 0.411 e. The van der Waals surface area contributed by atoms with Crippen LogP contribution in [0, 0.1) is 0 Å². The number of aliphatic carboxylic acids is 1. The molecule has 1 saturated heterocycles. The summed E-state index contributed by atoms with van der Waals surface area (Å²) in [5, 5.41) is 13.0. The molecule has 0 bridgehead atoms. The van der Waals surface area contributed by atoms with Gasteiger partial charge in [0.15, 0.2) is 6.04 Å². The summed E-state index contributed by atoms with van der Waals surface area (Å²) in [5.41, 5.74) is 0.0316. The van der Waals surface area contributed by atoms with Crippen LogP contribution in [0.4, 0.5) is 9.59 Å². The molecule has 2 N–H and O–H groups in total. The van der Waals surface area contributed by atoms with Crippen LogP contribution in [0.3, 0.4) is 0 Å². The molecule has 3 rings (SSSR count). The van der Waals surface area contributed by atoms with Gasteiger partial charge in [-0.1, -0.05) is 60.7 Å². The molecule has 0 aliphatic carbocycles. The molecular formula is C30H40N2O8. The van der Waals surface area contributed by atoms with Gasteiger partial charge in [-0.15, -0.1) is 0 Å². The number of alkyl carbamates (subject to hydrolysis) is 1. The zero-order chi connectivity index (χ0) is 29.5. The Morgan fingerprint density at radius 2 is 1.25 bits per heavy atom. The van der Waals surface area contributed by atoms with Crippen molar-refractivity contribution in [2.45, 2.75) is 90.2 Å². The van der Waals surface area contributed by atoms with Crippen molar-refractivity contribution in [3.05, 3.63) is 71.8 Å². The molecule has 40 heavy (non-hydrogen) atoms. The molecule has 10 nitrogen and oxygen atoms in total. The number of carboxylic acid groups (broad SMARTS) is 1. The number of hydrogen-bond donors (Lipinski definition) is 2. The Balaban J connectivity index is 1.98.